The van der Waals surface area contributed by atoms with Crippen LogP contribution in [0.25, 0.3) is 0 Å². The molecule has 0 atom stereocenters. The predicted octanol–water partition coefficient (Wildman–Crippen LogP) is 2.81. The second kappa shape index (κ2) is 9.89. The van der Waals surface area contributed by atoms with Crippen molar-refractivity contribution in [1.29, 1.82) is 0 Å². The molecule has 0 unspecified atom stereocenters. The summed E-state index contributed by atoms with van der Waals surface area (Å²) in [4.78, 5) is 24.4. The van der Waals surface area contributed by atoms with Gasteiger partial charge in [0, 0.05) is 11.1 Å². The van der Waals surface area contributed by atoms with Crippen LogP contribution in [0.5, 0.6) is 11.5 Å². The Morgan fingerprint density at radius 1 is 1.07 bits per heavy atom. The van der Waals surface area contributed by atoms with E-state index in [2.05, 4.69) is 32.1 Å². The Labute approximate surface area is 170 Å². The molecule has 2 rings (SSSR count). The maximum Gasteiger partial charge on any atom is 0.269 e. The summed E-state index contributed by atoms with van der Waals surface area (Å²) in [5.41, 5.74) is 5.68. The number of hydrogen-bond acceptors (Lipinski definition) is 5. The Morgan fingerprint density at radius 2 is 1.81 bits per heavy atom. The highest BCUT2D eigenvalue weighted by Crippen LogP contribution is 2.25. The van der Waals surface area contributed by atoms with Crippen molar-refractivity contribution in [1.82, 2.24) is 16.2 Å². The summed E-state index contributed by atoms with van der Waals surface area (Å²) in [5, 5.41) is 2.44. The first kappa shape index (κ1) is 20.7. The molecule has 3 N–H and O–H groups in total. The number of halogens is 1. The minimum absolute atomic E-state index is 0.0391. The van der Waals surface area contributed by atoms with Gasteiger partial charge >= 0.3 is 0 Å². The van der Waals surface area contributed by atoms with Crippen LogP contribution in [0.3, 0.4) is 0 Å². The van der Waals surface area contributed by atoms with Crippen LogP contribution in [0, 0.1) is 0 Å². The van der Waals surface area contributed by atoms with Crippen LogP contribution >= 0.6 is 28.1 Å². The number of thiocarbonyl (C=S) groups is 1. The highest BCUT2D eigenvalue weighted by molar-refractivity contribution is 9.10. The minimum atomic E-state index is -0.423. The lowest BCUT2D eigenvalue weighted by Crippen LogP contribution is -2.48. The Bertz CT molecular complexity index is 860. The molecule has 7 nitrogen and oxygen atoms in total. The Balaban J connectivity index is 1.90. The van der Waals surface area contributed by atoms with Crippen molar-refractivity contribution < 1.29 is 19.1 Å². The van der Waals surface area contributed by atoms with Crippen LogP contribution in [0.4, 0.5) is 0 Å². The number of methoxy groups -OCH3 is 1. The van der Waals surface area contributed by atoms with Crippen LogP contribution in [0.2, 0.25) is 0 Å². The minimum Gasteiger partial charge on any atom is -0.496 e. The molecule has 0 heterocycles. The van der Waals surface area contributed by atoms with E-state index in [0.29, 0.717) is 33.7 Å². The quantitative estimate of drug-likeness (QED) is 0.478. The molecule has 0 aliphatic rings. The number of carbonyl (C=O) groups excluding carboxylic acids is 2. The third-order valence-corrected chi connectivity index (χ3v) is 4.16. The molecule has 0 aliphatic heterocycles. The molecule has 0 spiro atoms. The standard InChI is InChI=1S/C18H18BrN3O4S/c1-3-26-13-6-4-5-11(9-13)16(23)20-18(27)22-21-17(24)12-7-8-15(25-2)14(19)10-12/h4-10H,3H2,1-2H3,(H,21,24)(H2,20,22,23,27). The van der Waals surface area contributed by atoms with Gasteiger partial charge in [0.1, 0.15) is 11.5 Å². The largest absolute Gasteiger partial charge is 0.496 e. The van der Waals surface area contributed by atoms with Crippen LogP contribution in [-0.2, 0) is 0 Å². The average Bonchev–Trinajstić information content (AvgIpc) is 2.66. The van der Waals surface area contributed by atoms with Crippen molar-refractivity contribution in [2.45, 2.75) is 6.92 Å². The van der Waals surface area contributed by atoms with Gasteiger partial charge in [-0.15, -0.1) is 0 Å². The smallest absolute Gasteiger partial charge is 0.269 e. The van der Waals surface area contributed by atoms with Gasteiger partial charge in [0.05, 0.1) is 18.2 Å². The molecular weight excluding hydrogens is 434 g/mol. The van der Waals surface area contributed by atoms with Crippen LogP contribution in [0.15, 0.2) is 46.9 Å². The van der Waals surface area contributed by atoms with Crippen molar-refractivity contribution in [3.63, 3.8) is 0 Å². The topological polar surface area (TPSA) is 88.7 Å². The fraction of sp³-hybridized carbons (Fsp3) is 0.167. The first-order chi connectivity index (χ1) is 12.9. The molecule has 2 aromatic rings. The number of hydrazine groups is 1. The van der Waals surface area contributed by atoms with E-state index in [-0.39, 0.29) is 5.11 Å². The van der Waals surface area contributed by atoms with E-state index in [9.17, 15) is 9.59 Å². The molecule has 0 aliphatic carbocycles. The third kappa shape index (κ3) is 5.93. The number of nitrogens with one attached hydrogen (secondary N) is 3. The summed E-state index contributed by atoms with van der Waals surface area (Å²) < 4.78 is 11.1. The van der Waals surface area contributed by atoms with Gasteiger partial charge in [-0.25, -0.2) is 0 Å². The van der Waals surface area contributed by atoms with Crippen LogP contribution in [0.1, 0.15) is 27.6 Å². The van der Waals surface area contributed by atoms with Crippen LogP contribution < -0.4 is 25.6 Å². The fourth-order valence-electron chi connectivity index (χ4n) is 2.09. The van der Waals surface area contributed by atoms with Gasteiger partial charge < -0.3 is 9.47 Å². The number of ether oxygens (including phenoxy) is 2. The fourth-order valence-corrected chi connectivity index (χ4v) is 2.78. The van der Waals surface area contributed by atoms with Gasteiger partial charge in [0.25, 0.3) is 11.8 Å². The van der Waals surface area contributed by atoms with Crippen molar-refractivity contribution in [2.75, 3.05) is 13.7 Å². The Hall–Kier alpha value is -2.65. The predicted molar refractivity (Wildman–Crippen MR) is 109 cm³/mol. The molecule has 27 heavy (non-hydrogen) atoms. The average molecular weight is 452 g/mol. The van der Waals surface area contributed by atoms with E-state index in [1.54, 1.807) is 42.5 Å². The number of amides is 2. The number of hydrogen-bond donors (Lipinski definition) is 3. The second-order valence-electron chi connectivity index (χ2n) is 5.17. The first-order valence-electron chi connectivity index (χ1n) is 7.92. The molecule has 0 aromatic heterocycles. The Morgan fingerprint density at radius 3 is 2.48 bits per heavy atom. The van der Waals surface area contributed by atoms with Crippen molar-refractivity contribution in [3.8, 4) is 11.5 Å². The summed E-state index contributed by atoms with van der Waals surface area (Å²) >= 11 is 8.34. The number of rotatable bonds is 5. The molecular formula is C18H18BrN3O4S. The van der Waals surface area contributed by atoms with Gasteiger partial charge in [-0.3, -0.25) is 25.8 Å². The second-order valence-corrected chi connectivity index (χ2v) is 6.44. The monoisotopic (exact) mass is 451 g/mol. The molecule has 0 saturated heterocycles. The van der Waals surface area contributed by atoms with E-state index >= 15 is 0 Å². The normalized spacial score (nSPS) is 9.89. The Kier molecular flexibility index (Phi) is 7.56. The number of benzene rings is 2. The van der Waals surface area contributed by atoms with E-state index < -0.39 is 11.8 Å². The molecule has 0 saturated carbocycles. The van der Waals surface area contributed by atoms with Gasteiger partial charge in [0.2, 0.25) is 0 Å². The summed E-state index contributed by atoms with van der Waals surface area (Å²) in [6.07, 6.45) is 0. The SMILES string of the molecule is CCOc1cccc(C(=O)NC(=S)NNC(=O)c2ccc(OC)c(Br)c2)c1. The highest BCUT2D eigenvalue weighted by atomic mass is 79.9. The maximum atomic E-state index is 12.2. The summed E-state index contributed by atoms with van der Waals surface area (Å²) in [6.45, 7) is 2.36. The van der Waals surface area contributed by atoms with E-state index in [4.69, 9.17) is 21.7 Å². The maximum absolute atomic E-state index is 12.2. The van der Waals surface area contributed by atoms with Crippen molar-refractivity contribution in [2.24, 2.45) is 0 Å². The molecule has 2 amide bonds. The van der Waals surface area contributed by atoms with Gasteiger partial charge in [-0.2, -0.15) is 0 Å². The summed E-state index contributed by atoms with van der Waals surface area (Å²) in [7, 11) is 1.53. The molecule has 0 bridgehead atoms. The van der Waals surface area contributed by atoms with Gasteiger partial charge in [0.15, 0.2) is 5.11 Å². The van der Waals surface area contributed by atoms with E-state index in [0.717, 1.165) is 0 Å². The summed E-state index contributed by atoms with van der Waals surface area (Å²) in [5.74, 6) is 0.350. The molecule has 2 aromatic carbocycles. The lowest BCUT2D eigenvalue weighted by molar-refractivity contribution is 0.0934. The third-order valence-electron chi connectivity index (χ3n) is 3.34. The highest BCUT2D eigenvalue weighted by Gasteiger charge is 2.11. The molecule has 0 fully saturated rings. The van der Waals surface area contributed by atoms with E-state index in [1.165, 1.54) is 7.11 Å². The zero-order chi connectivity index (χ0) is 19.8. The first-order valence-corrected chi connectivity index (χ1v) is 9.12. The lowest BCUT2D eigenvalue weighted by atomic mass is 10.2. The number of carbonyl (C=O) groups is 2. The molecule has 9 heteroatoms. The molecule has 142 valence electrons. The molecule has 0 radical (unpaired) electrons. The van der Waals surface area contributed by atoms with Crippen molar-refractivity contribution in [3.05, 3.63) is 58.1 Å². The zero-order valence-corrected chi connectivity index (χ0v) is 17.1. The van der Waals surface area contributed by atoms with Crippen LogP contribution in [-0.4, -0.2) is 30.6 Å². The van der Waals surface area contributed by atoms with Gasteiger partial charge in [-0.1, -0.05) is 6.07 Å². The zero-order valence-electron chi connectivity index (χ0n) is 14.7. The van der Waals surface area contributed by atoms with Crippen molar-refractivity contribution >= 4 is 45.1 Å². The summed E-state index contributed by atoms with van der Waals surface area (Å²) in [6, 6.07) is 11.6. The lowest BCUT2D eigenvalue weighted by Gasteiger charge is -2.12. The van der Waals surface area contributed by atoms with Gasteiger partial charge in [-0.05, 0) is 71.5 Å². The van der Waals surface area contributed by atoms with E-state index in [1.807, 2.05) is 6.92 Å².